The molecular formula is C13H18N2OS. The van der Waals surface area contributed by atoms with E-state index in [2.05, 4.69) is 17.2 Å². The normalized spacial score (nSPS) is 12.9. The third kappa shape index (κ3) is 2.42. The summed E-state index contributed by atoms with van der Waals surface area (Å²) in [6.07, 6.45) is 2.77. The SMILES string of the molecule is CNC(Cc1nccs1)c1c(C)oc(C)c1C. The van der Waals surface area contributed by atoms with E-state index in [0.29, 0.717) is 0 Å². The van der Waals surface area contributed by atoms with Crippen LogP contribution in [0.5, 0.6) is 0 Å². The molecule has 4 heteroatoms. The summed E-state index contributed by atoms with van der Waals surface area (Å²) >= 11 is 1.70. The second-order valence-electron chi connectivity index (χ2n) is 4.22. The Hall–Kier alpha value is -1.13. The summed E-state index contributed by atoms with van der Waals surface area (Å²) in [6.45, 7) is 6.16. The number of hydrogen-bond acceptors (Lipinski definition) is 4. The lowest BCUT2D eigenvalue weighted by molar-refractivity contribution is 0.489. The first-order chi connectivity index (χ1) is 8.13. The summed E-state index contributed by atoms with van der Waals surface area (Å²) in [7, 11) is 1.99. The number of thiazole rings is 1. The predicted octanol–water partition coefficient (Wildman–Crippen LogP) is 3.16. The van der Waals surface area contributed by atoms with Gasteiger partial charge in [0.15, 0.2) is 0 Å². The topological polar surface area (TPSA) is 38.1 Å². The molecule has 0 radical (unpaired) electrons. The molecule has 0 saturated carbocycles. The summed E-state index contributed by atoms with van der Waals surface area (Å²) in [6, 6.07) is 0.276. The molecule has 0 saturated heterocycles. The quantitative estimate of drug-likeness (QED) is 0.905. The first kappa shape index (κ1) is 12.3. The molecule has 1 N–H and O–H groups in total. The fourth-order valence-corrected chi connectivity index (χ4v) is 2.86. The highest BCUT2D eigenvalue weighted by atomic mass is 32.1. The summed E-state index contributed by atoms with van der Waals surface area (Å²) < 4.78 is 5.69. The Morgan fingerprint density at radius 2 is 2.12 bits per heavy atom. The summed E-state index contributed by atoms with van der Waals surface area (Å²) in [4.78, 5) is 4.34. The number of nitrogens with zero attached hydrogens (tertiary/aromatic N) is 1. The molecule has 17 heavy (non-hydrogen) atoms. The highest BCUT2D eigenvalue weighted by Crippen LogP contribution is 2.29. The second-order valence-corrected chi connectivity index (χ2v) is 5.20. The Labute approximate surface area is 106 Å². The van der Waals surface area contributed by atoms with Gasteiger partial charge in [-0.25, -0.2) is 4.98 Å². The van der Waals surface area contributed by atoms with Crippen LogP contribution in [0.2, 0.25) is 0 Å². The molecule has 92 valence electrons. The Kier molecular flexibility index (Phi) is 3.64. The van der Waals surface area contributed by atoms with Gasteiger partial charge in [-0.3, -0.25) is 0 Å². The van der Waals surface area contributed by atoms with Gasteiger partial charge < -0.3 is 9.73 Å². The van der Waals surface area contributed by atoms with Gasteiger partial charge in [0.05, 0.1) is 5.01 Å². The van der Waals surface area contributed by atoms with Crippen molar-refractivity contribution in [1.29, 1.82) is 0 Å². The van der Waals surface area contributed by atoms with Crippen molar-refractivity contribution >= 4 is 11.3 Å². The fourth-order valence-electron chi connectivity index (χ4n) is 2.20. The minimum Gasteiger partial charge on any atom is -0.466 e. The zero-order valence-electron chi connectivity index (χ0n) is 10.7. The van der Waals surface area contributed by atoms with Crippen LogP contribution >= 0.6 is 11.3 Å². The van der Waals surface area contributed by atoms with Crippen LogP contribution in [0.1, 0.15) is 33.7 Å². The molecule has 0 amide bonds. The summed E-state index contributed by atoms with van der Waals surface area (Å²) in [5, 5.41) is 6.53. The van der Waals surface area contributed by atoms with E-state index >= 15 is 0 Å². The van der Waals surface area contributed by atoms with Gasteiger partial charge in [-0.15, -0.1) is 11.3 Å². The molecule has 1 unspecified atom stereocenters. The van der Waals surface area contributed by atoms with Gasteiger partial charge in [0.1, 0.15) is 11.5 Å². The average Bonchev–Trinajstić information content (AvgIpc) is 2.87. The van der Waals surface area contributed by atoms with Gasteiger partial charge in [0.2, 0.25) is 0 Å². The molecule has 2 rings (SSSR count). The van der Waals surface area contributed by atoms with E-state index in [-0.39, 0.29) is 6.04 Å². The maximum absolute atomic E-state index is 5.69. The third-order valence-electron chi connectivity index (χ3n) is 3.18. The maximum atomic E-state index is 5.69. The van der Waals surface area contributed by atoms with Crippen molar-refractivity contribution in [2.24, 2.45) is 0 Å². The van der Waals surface area contributed by atoms with Gasteiger partial charge in [-0.1, -0.05) is 0 Å². The van der Waals surface area contributed by atoms with Gasteiger partial charge in [0, 0.05) is 29.6 Å². The van der Waals surface area contributed by atoms with Crippen molar-refractivity contribution in [2.45, 2.75) is 33.2 Å². The summed E-state index contributed by atoms with van der Waals surface area (Å²) in [5.41, 5.74) is 2.53. The molecule has 0 fully saturated rings. The van der Waals surface area contributed by atoms with E-state index in [1.807, 2.05) is 32.5 Å². The zero-order valence-corrected chi connectivity index (χ0v) is 11.5. The Balaban J connectivity index is 2.29. The predicted molar refractivity (Wildman–Crippen MR) is 70.5 cm³/mol. The van der Waals surface area contributed by atoms with Crippen LogP contribution in [0.15, 0.2) is 16.0 Å². The molecule has 1 atom stereocenters. The minimum absolute atomic E-state index is 0.276. The smallest absolute Gasteiger partial charge is 0.106 e. The molecule has 0 aliphatic heterocycles. The van der Waals surface area contributed by atoms with Gasteiger partial charge >= 0.3 is 0 Å². The van der Waals surface area contributed by atoms with Crippen LogP contribution in [-0.4, -0.2) is 12.0 Å². The number of likely N-dealkylation sites (N-methyl/N-ethyl adjacent to an activating group) is 1. The first-order valence-corrected chi connectivity index (χ1v) is 6.63. The van der Waals surface area contributed by atoms with E-state index in [4.69, 9.17) is 4.42 Å². The van der Waals surface area contributed by atoms with Crippen LogP contribution in [0.4, 0.5) is 0 Å². The lowest BCUT2D eigenvalue weighted by Crippen LogP contribution is -2.20. The van der Waals surface area contributed by atoms with Crippen molar-refractivity contribution in [2.75, 3.05) is 7.05 Å². The Morgan fingerprint density at radius 3 is 2.59 bits per heavy atom. The lowest BCUT2D eigenvalue weighted by atomic mass is 10.00. The van der Waals surface area contributed by atoms with Crippen LogP contribution in [0.25, 0.3) is 0 Å². The van der Waals surface area contributed by atoms with Gasteiger partial charge in [-0.05, 0) is 33.4 Å². The van der Waals surface area contributed by atoms with Gasteiger partial charge in [0.25, 0.3) is 0 Å². The van der Waals surface area contributed by atoms with Crippen LogP contribution < -0.4 is 5.32 Å². The van der Waals surface area contributed by atoms with Crippen LogP contribution in [0, 0.1) is 20.8 Å². The van der Waals surface area contributed by atoms with Crippen molar-refractivity contribution in [1.82, 2.24) is 10.3 Å². The number of rotatable bonds is 4. The number of furan rings is 1. The lowest BCUT2D eigenvalue weighted by Gasteiger charge is -2.15. The molecule has 0 aromatic carbocycles. The molecule has 0 spiro atoms. The highest BCUT2D eigenvalue weighted by Gasteiger charge is 2.20. The van der Waals surface area contributed by atoms with E-state index in [1.165, 1.54) is 11.1 Å². The van der Waals surface area contributed by atoms with Crippen LogP contribution in [0.3, 0.4) is 0 Å². The van der Waals surface area contributed by atoms with E-state index in [0.717, 1.165) is 22.9 Å². The van der Waals surface area contributed by atoms with Crippen LogP contribution in [-0.2, 0) is 6.42 Å². The van der Waals surface area contributed by atoms with Crippen molar-refractivity contribution in [3.8, 4) is 0 Å². The average molecular weight is 250 g/mol. The van der Waals surface area contributed by atoms with E-state index < -0.39 is 0 Å². The van der Waals surface area contributed by atoms with Gasteiger partial charge in [-0.2, -0.15) is 0 Å². The monoisotopic (exact) mass is 250 g/mol. The molecular weight excluding hydrogens is 232 g/mol. The molecule has 0 aliphatic carbocycles. The highest BCUT2D eigenvalue weighted by molar-refractivity contribution is 7.09. The largest absolute Gasteiger partial charge is 0.466 e. The Bertz CT molecular complexity index is 488. The van der Waals surface area contributed by atoms with E-state index in [1.54, 1.807) is 11.3 Å². The van der Waals surface area contributed by atoms with E-state index in [9.17, 15) is 0 Å². The van der Waals surface area contributed by atoms with Crippen molar-refractivity contribution < 1.29 is 4.42 Å². The standard InChI is InChI=1S/C13H18N2OS/c1-8-9(2)16-10(3)13(8)11(14-4)7-12-15-5-6-17-12/h5-6,11,14H,7H2,1-4H3. The van der Waals surface area contributed by atoms with Crippen molar-refractivity contribution in [3.05, 3.63) is 39.2 Å². The number of hydrogen-bond donors (Lipinski definition) is 1. The number of aryl methyl sites for hydroxylation is 2. The molecule has 2 aromatic rings. The number of aromatic nitrogens is 1. The number of nitrogens with one attached hydrogen (secondary N) is 1. The fraction of sp³-hybridized carbons (Fsp3) is 0.462. The first-order valence-electron chi connectivity index (χ1n) is 5.75. The molecule has 2 heterocycles. The van der Waals surface area contributed by atoms with Crippen molar-refractivity contribution in [3.63, 3.8) is 0 Å². The molecule has 0 aliphatic rings. The Morgan fingerprint density at radius 1 is 1.35 bits per heavy atom. The third-order valence-corrected chi connectivity index (χ3v) is 3.98. The zero-order chi connectivity index (χ0) is 12.4. The molecule has 0 bridgehead atoms. The molecule has 2 aromatic heterocycles. The minimum atomic E-state index is 0.276. The molecule has 3 nitrogen and oxygen atoms in total. The second kappa shape index (κ2) is 5.02. The summed E-state index contributed by atoms with van der Waals surface area (Å²) in [5.74, 6) is 2.02. The maximum Gasteiger partial charge on any atom is 0.106 e.